The number of allylic oxidation sites excluding steroid dienone is 3. The number of aliphatic imine (C=N–C) groups is 1. The largest absolute Gasteiger partial charge is 0.293 e. The van der Waals surface area contributed by atoms with E-state index in [4.69, 9.17) is 0 Å². The van der Waals surface area contributed by atoms with Gasteiger partial charge in [-0.2, -0.15) is 0 Å². The van der Waals surface area contributed by atoms with Gasteiger partial charge in [-0.25, -0.2) is 4.39 Å². The topological polar surface area (TPSA) is 12.4 Å². The van der Waals surface area contributed by atoms with Crippen molar-refractivity contribution in [1.82, 2.24) is 0 Å². The van der Waals surface area contributed by atoms with Crippen molar-refractivity contribution in [3.05, 3.63) is 24.1 Å². The van der Waals surface area contributed by atoms with E-state index in [9.17, 15) is 4.39 Å². The van der Waals surface area contributed by atoms with Crippen molar-refractivity contribution >= 4 is 5.71 Å². The van der Waals surface area contributed by atoms with E-state index in [0.29, 0.717) is 11.3 Å². The van der Waals surface area contributed by atoms with Crippen molar-refractivity contribution < 1.29 is 4.39 Å². The molecule has 0 bridgehead atoms. The Morgan fingerprint density at radius 3 is 2.30 bits per heavy atom. The van der Waals surface area contributed by atoms with E-state index >= 15 is 0 Å². The third-order valence-electron chi connectivity index (χ3n) is 1.10. The van der Waals surface area contributed by atoms with Gasteiger partial charge in [0.25, 0.3) is 0 Å². The molecule has 0 aromatic carbocycles. The normalized spacial score (nSPS) is 13.6. The van der Waals surface area contributed by atoms with Crippen molar-refractivity contribution in [2.45, 2.75) is 13.8 Å². The summed E-state index contributed by atoms with van der Waals surface area (Å²) in [6.07, 6.45) is 1.36. The van der Waals surface area contributed by atoms with Gasteiger partial charge in [0.05, 0.1) is 0 Å². The Morgan fingerprint density at radius 2 is 2.00 bits per heavy atom. The van der Waals surface area contributed by atoms with Gasteiger partial charge in [-0.05, 0) is 25.5 Å². The molecule has 0 aliphatic heterocycles. The molecule has 0 atom stereocenters. The minimum absolute atomic E-state index is 0.303. The second-order valence-corrected chi connectivity index (χ2v) is 2.14. The van der Waals surface area contributed by atoms with E-state index in [0.717, 1.165) is 0 Å². The molecule has 0 saturated carbocycles. The molecular formula is C8H12FN. The molecule has 0 fully saturated rings. The molecule has 0 aliphatic carbocycles. The van der Waals surface area contributed by atoms with Crippen molar-refractivity contribution in [1.29, 1.82) is 0 Å². The van der Waals surface area contributed by atoms with Crippen molar-refractivity contribution in [3.63, 3.8) is 0 Å². The van der Waals surface area contributed by atoms with Crippen LogP contribution >= 0.6 is 0 Å². The lowest BCUT2D eigenvalue weighted by molar-refractivity contribution is 0.654. The molecule has 0 radical (unpaired) electrons. The molecular weight excluding hydrogens is 129 g/mol. The fourth-order valence-corrected chi connectivity index (χ4v) is 0.371. The van der Waals surface area contributed by atoms with Gasteiger partial charge < -0.3 is 0 Å². The Balaban J connectivity index is 4.31. The van der Waals surface area contributed by atoms with Crippen LogP contribution in [0, 0.1) is 0 Å². The highest BCUT2D eigenvalue weighted by Gasteiger charge is 1.93. The van der Waals surface area contributed by atoms with E-state index in [1.807, 2.05) is 0 Å². The van der Waals surface area contributed by atoms with Crippen LogP contribution in [0.4, 0.5) is 4.39 Å². The highest BCUT2D eigenvalue weighted by Crippen LogP contribution is 2.07. The smallest absolute Gasteiger partial charge is 0.127 e. The molecule has 10 heavy (non-hydrogen) atoms. The Hall–Kier alpha value is -0.920. The summed E-state index contributed by atoms with van der Waals surface area (Å²) in [5.74, 6) is -0.303. The van der Waals surface area contributed by atoms with Gasteiger partial charge in [0.2, 0.25) is 0 Å². The van der Waals surface area contributed by atoms with Crippen molar-refractivity contribution in [3.8, 4) is 0 Å². The molecule has 0 aliphatic rings. The number of nitrogens with zero attached hydrogens (tertiary/aromatic N) is 1. The monoisotopic (exact) mass is 141 g/mol. The first-order chi connectivity index (χ1) is 4.57. The van der Waals surface area contributed by atoms with Crippen molar-refractivity contribution in [2.75, 3.05) is 7.05 Å². The van der Waals surface area contributed by atoms with Gasteiger partial charge in [-0.15, -0.1) is 0 Å². The summed E-state index contributed by atoms with van der Waals surface area (Å²) >= 11 is 0. The van der Waals surface area contributed by atoms with E-state index < -0.39 is 0 Å². The Bertz CT molecular complexity index is 189. The minimum Gasteiger partial charge on any atom is -0.293 e. The maximum Gasteiger partial charge on any atom is 0.127 e. The number of hydrogen-bond acceptors (Lipinski definition) is 1. The second kappa shape index (κ2) is 3.99. The summed E-state index contributed by atoms with van der Waals surface area (Å²) in [6, 6.07) is 0. The SMILES string of the molecule is C=C(C)/C(F)=C\C(C)=NC. The van der Waals surface area contributed by atoms with Crippen LogP contribution in [0.1, 0.15) is 13.8 Å². The molecule has 2 heteroatoms. The highest BCUT2D eigenvalue weighted by molar-refractivity contribution is 5.93. The third-order valence-corrected chi connectivity index (χ3v) is 1.10. The molecule has 0 rings (SSSR count). The van der Waals surface area contributed by atoms with Crippen LogP contribution in [-0.2, 0) is 0 Å². The first-order valence-electron chi connectivity index (χ1n) is 3.04. The number of halogens is 1. The summed E-state index contributed by atoms with van der Waals surface area (Å²) in [7, 11) is 1.62. The fourth-order valence-electron chi connectivity index (χ4n) is 0.371. The average Bonchev–Trinajstić information content (AvgIpc) is 1.87. The first-order valence-corrected chi connectivity index (χ1v) is 3.04. The van der Waals surface area contributed by atoms with Crippen LogP contribution in [-0.4, -0.2) is 12.8 Å². The van der Waals surface area contributed by atoms with E-state index in [-0.39, 0.29) is 5.83 Å². The quantitative estimate of drug-likeness (QED) is 0.414. The molecule has 56 valence electrons. The lowest BCUT2D eigenvalue weighted by Gasteiger charge is -1.92. The maximum atomic E-state index is 12.6. The van der Waals surface area contributed by atoms with Gasteiger partial charge in [0.1, 0.15) is 5.83 Å². The van der Waals surface area contributed by atoms with E-state index in [1.54, 1.807) is 20.9 Å². The zero-order valence-electron chi connectivity index (χ0n) is 6.61. The predicted octanol–water partition coefficient (Wildman–Crippen LogP) is 2.51. The van der Waals surface area contributed by atoms with Crippen LogP contribution in [0.25, 0.3) is 0 Å². The molecule has 0 unspecified atom stereocenters. The molecule has 0 saturated heterocycles. The zero-order valence-corrected chi connectivity index (χ0v) is 6.61. The van der Waals surface area contributed by atoms with Gasteiger partial charge >= 0.3 is 0 Å². The van der Waals surface area contributed by atoms with Crippen LogP contribution in [0.15, 0.2) is 29.0 Å². The third kappa shape index (κ3) is 3.17. The summed E-state index contributed by atoms with van der Waals surface area (Å²) in [5.41, 5.74) is 1.10. The van der Waals surface area contributed by atoms with E-state index in [1.165, 1.54) is 6.08 Å². The Kier molecular flexibility index (Phi) is 3.62. The molecule has 0 spiro atoms. The molecule has 1 nitrogen and oxygen atoms in total. The van der Waals surface area contributed by atoms with Gasteiger partial charge in [-0.1, -0.05) is 6.58 Å². The van der Waals surface area contributed by atoms with Crippen LogP contribution in [0.2, 0.25) is 0 Å². The molecule has 0 aromatic rings. The number of hydrogen-bond donors (Lipinski definition) is 0. The highest BCUT2D eigenvalue weighted by atomic mass is 19.1. The lowest BCUT2D eigenvalue weighted by Crippen LogP contribution is -1.86. The maximum absolute atomic E-state index is 12.6. The summed E-state index contributed by atoms with van der Waals surface area (Å²) in [4.78, 5) is 3.77. The predicted molar refractivity (Wildman–Crippen MR) is 43.0 cm³/mol. The zero-order chi connectivity index (χ0) is 8.15. The van der Waals surface area contributed by atoms with Crippen LogP contribution < -0.4 is 0 Å². The lowest BCUT2D eigenvalue weighted by atomic mass is 10.2. The molecule has 0 amide bonds. The Morgan fingerprint density at radius 1 is 1.50 bits per heavy atom. The van der Waals surface area contributed by atoms with Gasteiger partial charge in [0, 0.05) is 12.8 Å². The van der Waals surface area contributed by atoms with Gasteiger partial charge in [-0.3, -0.25) is 4.99 Å². The van der Waals surface area contributed by atoms with Crippen molar-refractivity contribution in [2.24, 2.45) is 4.99 Å². The number of rotatable bonds is 2. The molecule has 0 aromatic heterocycles. The summed E-state index contributed by atoms with van der Waals surface area (Å²) in [5, 5.41) is 0. The summed E-state index contributed by atoms with van der Waals surface area (Å²) in [6.45, 7) is 6.80. The first kappa shape index (κ1) is 9.08. The Labute approximate surface area is 61.0 Å². The van der Waals surface area contributed by atoms with Crippen LogP contribution in [0.5, 0.6) is 0 Å². The molecule has 0 N–H and O–H groups in total. The van der Waals surface area contributed by atoms with E-state index in [2.05, 4.69) is 11.6 Å². The van der Waals surface area contributed by atoms with Gasteiger partial charge in [0.15, 0.2) is 0 Å². The second-order valence-electron chi connectivity index (χ2n) is 2.14. The summed E-state index contributed by atoms with van der Waals surface area (Å²) < 4.78 is 12.6. The molecule has 0 heterocycles. The standard InChI is InChI=1S/C8H12FN/c1-6(2)8(9)5-7(3)10-4/h5H,1H2,2-4H3/b8-5+,10-7?. The fraction of sp³-hybridized carbons (Fsp3) is 0.375. The minimum atomic E-state index is -0.303. The average molecular weight is 141 g/mol. The van der Waals surface area contributed by atoms with Crippen LogP contribution in [0.3, 0.4) is 0 Å².